The van der Waals surface area contributed by atoms with Gasteiger partial charge in [0.1, 0.15) is 6.04 Å². The molecule has 0 aromatic heterocycles. The van der Waals surface area contributed by atoms with Crippen molar-refractivity contribution in [1.82, 2.24) is 10.2 Å². The molecule has 0 spiro atoms. The molecule has 7 heteroatoms. The maximum atomic E-state index is 11.4. The summed E-state index contributed by atoms with van der Waals surface area (Å²) in [4.78, 5) is 45.4. The number of carboxylic acids is 1. The second-order valence-electron chi connectivity index (χ2n) is 3.78. The van der Waals surface area contributed by atoms with Crippen LogP contribution in [0.15, 0.2) is 12.2 Å². The number of nitrogens with zero attached hydrogens (tertiary/aromatic N) is 1. The predicted molar refractivity (Wildman–Crippen MR) is 60.3 cm³/mol. The Labute approximate surface area is 103 Å². The van der Waals surface area contributed by atoms with Crippen molar-refractivity contribution in [2.24, 2.45) is 0 Å². The van der Waals surface area contributed by atoms with E-state index in [0.717, 1.165) is 17.1 Å². The van der Waals surface area contributed by atoms with Crippen LogP contribution in [0, 0.1) is 0 Å². The summed E-state index contributed by atoms with van der Waals surface area (Å²) >= 11 is 0. The van der Waals surface area contributed by atoms with Gasteiger partial charge in [0.2, 0.25) is 5.91 Å². The Balaban J connectivity index is 2.40. The number of rotatable bonds is 6. The molecule has 0 aromatic rings. The Morgan fingerprint density at radius 1 is 1.33 bits per heavy atom. The first kappa shape index (κ1) is 13.9. The lowest BCUT2D eigenvalue weighted by Gasteiger charge is -2.15. The van der Waals surface area contributed by atoms with E-state index in [0.29, 0.717) is 0 Å². The van der Waals surface area contributed by atoms with Crippen molar-refractivity contribution in [2.45, 2.75) is 25.8 Å². The van der Waals surface area contributed by atoms with Gasteiger partial charge < -0.3 is 10.4 Å². The van der Waals surface area contributed by atoms with Crippen molar-refractivity contribution >= 4 is 23.7 Å². The molecule has 1 rings (SSSR count). The highest BCUT2D eigenvalue weighted by Gasteiger charge is 2.24. The summed E-state index contributed by atoms with van der Waals surface area (Å²) in [5.41, 5.74) is 0. The summed E-state index contributed by atoms with van der Waals surface area (Å²) in [7, 11) is 0. The fourth-order valence-corrected chi connectivity index (χ4v) is 1.47. The van der Waals surface area contributed by atoms with Crippen LogP contribution in [0.5, 0.6) is 0 Å². The molecule has 18 heavy (non-hydrogen) atoms. The van der Waals surface area contributed by atoms with E-state index in [9.17, 15) is 19.2 Å². The zero-order valence-corrected chi connectivity index (χ0v) is 9.88. The number of amides is 3. The average Bonchev–Trinajstić information content (AvgIpc) is 2.63. The number of imide groups is 1. The fourth-order valence-electron chi connectivity index (χ4n) is 1.47. The number of nitrogens with one attached hydrogen (secondary N) is 1. The van der Waals surface area contributed by atoms with Gasteiger partial charge in [-0.15, -0.1) is 0 Å². The molecule has 0 radical (unpaired) electrons. The van der Waals surface area contributed by atoms with Gasteiger partial charge in [-0.3, -0.25) is 19.3 Å². The highest BCUT2D eigenvalue weighted by Crippen LogP contribution is 2.04. The zero-order valence-electron chi connectivity index (χ0n) is 9.88. The summed E-state index contributed by atoms with van der Waals surface area (Å²) in [6.07, 6.45) is 2.42. The van der Waals surface area contributed by atoms with Crippen LogP contribution in [0.4, 0.5) is 0 Å². The van der Waals surface area contributed by atoms with Crippen molar-refractivity contribution in [1.29, 1.82) is 0 Å². The second kappa shape index (κ2) is 5.95. The van der Waals surface area contributed by atoms with E-state index in [-0.39, 0.29) is 19.4 Å². The fraction of sp³-hybridized carbons (Fsp3) is 0.455. The van der Waals surface area contributed by atoms with Gasteiger partial charge in [0.05, 0.1) is 0 Å². The molecule has 1 aliphatic rings. The summed E-state index contributed by atoms with van der Waals surface area (Å²) in [5.74, 6) is -2.53. The molecule has 1 aliphatic heterocycles. The molecule has 2 N–H and O–H groups in total. The number of hydrogen-bond acceptors (Lipinski definition) is 4. The molecule has 0 saturated heterocycles. The van der Waals surface area contributed by atoms with Crippen LogP contribution in [0.3, 0.4) is 0 Å². The van der Waals surface area contributed by atoms with E-state index in [1.54, 1.807) is 6.92 Å². The monoisotopic (exact) mass is 254 g/mol. The van der Waals surface area contributed by atoms with E-state index < -0.39 is 29.7 Å². The van der Waals surface area contributed by atoms with Gasteiger partial charge in [0.25, 0.3) is 11.8 Å². The maximum absolute atomic E-state index is 11.4. The molecule has 1 heterocycles. The molecule has 98 valence electrons. The SMILES string of the molecule is CCC(NC(=O)CCN1C(=O)C=CC1=O)C(=O)O. The van der Waals surface area contributed by atoms with Crippen LogP contribution in [0.1, 0.15) is 19.8 Å². The smallest absolute Gasteiger partial charge is 0.326 e. The molecular formula is C11H14N2O5. The van der Waals surface area contributed by atoms with Crippen LogP contribution in [0.25, 0.3) is 0 Å². The molecule has 0 aromatic carbocycles. The van der Waals surface area contributed by atoms with E-state index in [4.69, 9.17) is 5.11 Å². The third-order valence-electron chi connectivity index (χ3n) is 2.50. The normalized spacial score (nSPS) is 15.9. The number of carbonyl (C=O) groups is 4. The Kier molecular flexibility index (Phi) is 4.59. The summed E-state index contributed by atoms with van der Waals surface area (Å²) in [5, 5.41) is 11.1. The van der Waals surface area contributed by atoms with Crippen molar-refractivity contribution in [3.8, 4) is 0 Å². The minimum atomic E-state index is -1.11. The molecular weight excluding hydrogens is 240 g/mol. The van der Waals surface area contributed by atoms with Crippen molar-refractivity contribution in [2.75, 3.05) is 6.54 Å². The highest BCUT2D eigenvalue weighted by molar-refractivity contribution is 6.13. The van der Waals surface area contributed by atoms with E-state index in [1.807, 2.05) is 0 Å². The average molecular weight is 254 g/mol. The van der Waals surface area contributed by atoms with Crippen molar-refractivity contribution in [3.05, 3.63) is 12.2 Å². The van der Waals surface area contributed by atoms with Crippen LogP contribution in [0.2, 0.25) is 0 Å². The minimum absolute atomic E-state index is 0.0491. The molecule has 0 fully saturated rings. The molecule has 1 unspecified atom stereocenters. The predicted octanol–water partition coefficient (Wildman–Crippen LogP) is -0.719. The largest absolute Gasteiger partial charge is 0.480 e. The number of hydrogen-bond donors (Lipinski definition) is 2. The van der Waals surface area contributed by atoms with Crippen LogP contribution >= 0.6 is 0 Å². The quantitative estimate of drug-likeness (QED) is 0.609. The lowest BCUT2D eigenvalue weighted by atomic mass is 10.2. The number of aliphatic carboxylic acids is 1. The molecule has 3 amide bonds. The highest BCUT2D eigenvalue weighted by atomic mass is 16.4. The van der Waals surface area contributed by atoms with Crippen molar-refractivity contribution < 1.29 is 24.3 Å². The maximum Gasteiger partial charge on any atom is 0.326 e. The number of carboxylic acid groups (broad SMARTS) is 1. The third-order valence-corrected chi connectivity index (χ3v) is 2.50. The Morgan fingerprint density at radius 2 is 1.89 bits per heavy atom. The van der Waals surface area contributed by atoms with Crippen molar-refractivity contribution in [3.63, 3.8) is 0 Å². The second-order valence-corrected chi connectivity index (χ2v) is 3.78. The van der Waals surface area contributed by atoms with Gasteiger partial charge in [-0.05, 0) is 6.42 Å². The molecule has 1 atom stereocenters. The Bertz CT molecular complexity index is 398. The van der Waals surface area contributed by atoms with E-state index in [1.165, 1.54) is 0 Å². The number of carbonyl (C=O) groups excluding carboxylic acids is 3. The van der Waals surface area contributed by atoms with Gasteiger partial charge in [-0.1, -0.05) is 6.92 Å². The standard InChI is InChI=1S/C11H14N2O5/c1-2-7(11(17)18)12-8(14)5-6-13-9(15)3-4-10(13)16/h3-4,7H,2,5-6H2,1H3,(H,12,14)(H,17,18). The Hall–Kier alpha value is -2.18. The molecule has 0 bridgehead atoms. The lowest BCUT2D eigenvalue weighted by Crippen LogP contribution is -2.42. The summed E-state index contributed by atoms with van der Waals surface area (Å²) in [6.45, 7) is 1.59. The van der Waals surface area contributed by atoms with Crippen LogP contribution in [-0.2, 0) is 19.2 Å². The third kappa shape index (κ3) is 3.41. The van der Waals surface area contributed by atoms with Gasteiger partial charge in [-0.2, -0.15) is 0 Å². The Morgan fingerprint density at radius 3 is 2.33 bits per heavy atom. The van der Waals surface area contributed by atoms with Gasteiger partial charge in [0, 0.05) is 25.1 Å². The summed E-state index contributed by atoms with van der Waals surface area (Å²) < 4.78 is 0. The summed E-state index contributed by atoms with van der Waals surface area (Å²) in [6, 6.07) is -0.944. The van der Waals surface area contributed by atoms with Gasteiger partial charge in [0.15, 0.2) is 0 Å². The van der Waals surface area contributed by atoms with Crippen LogP contribution < -0.4 is 5.32 Å². The molecule has 0 saturated carbocycles. The molecule has 0 aliphatic carbocycles. The van der Waals surface area contributed by atoms with Gasteiger partial charge >= 0.3 is 5.97 Å². The lowest BCUT2D eigenvalue weighted by molar-refractivity contribution is -0.142. The molecule has 7 nitrogen and oxygen atoms in total. The zero-order chi connectivity index (χ0) is 13.7. The van der Waals surface area contributed by atoms with Crippen LogP contribution in [-0.4, -0.2) is 46.3 Å². The first-order valence-electron chi connectivity index (χ1n) is 5.51. The minimum Gasteiger partial charge on any atom is -0.480 e. The van der Waals surface area contributed by atoms with Gasteiger partial charge in [-0.25, -0.2) is 4.79 Å². The first-order valence-corrected chi connectivity index (χ1v) is 5.51. The topological polar surface area (TPSA) is 104 Å². The van der Waals surface area contributed by atoms with E-state index in [2.05, 4.69) is 5.32 Å². The van der Waals surface area contributed by atoms with E-state index >= 15 is 0 Å². The first-order chi connectivity index (χ1) is 8.45.